The van der Waals surface area contributed by atoms with Gasteiger partial charge in [-0.3, -0.25) is 9.59 Å². The van der Waals surface area contributed by atoms with Crippen molar-refractivity contribution in [2.75, 3.05) is 13.2 Å². The van der Waals surface area contributed by atoms with Gasteiger partial charge in [0.25, 0.3) is 11.8 Å². The van der Waals surface area contributed by atoms with Crippen molar-refractivity contribution >= 4 is 11.8 Å². The maximum absolute atomic E-state index is 13.1. The average Bonchev–Trinajstić information content (AvgIpc) is 3.26. The van der Waals surface area contributed by atoms with Crippen LogP contribution in [0.4, 0.5) is 17.6 Å². The average molecular weight is 526 g/mol. The van der Waals surface area contributed by atoms with Gasteiger partial charge in [-0.2, -0.15) is 0 Å². The summed E-state index contributed by atoms with van der Waals surface area (Å²) in [5.74, 6) is -1.42. The minimum atomic E-state index is -3.75. The number of alkyl halides is 4. The molecule has 3 aliphatic rings. The summed E-state index contributed by atoms with van der Waals surface area (Å²) in [6, 6.07) is 7.55. The molecule has 1 aliphatic carbocycles. The van der Waals surface area contributed by atoms with Crippen molar-refractivity contribution in [2.24, 2.45) is 0 Å². The van der Waals surface area contributed by atoms with Gasteiger partial charge in [0.15, 0.2) is 36.2 Å². The number of ether oxygens (including phenoxy) is 6. The van der Waals surface area contributed by atoms with E-state index in [9.17, 15) is 27.2 Å². The molecule has 2 aliphatic heterocycles. The second kappa shape index (κ2) is 8.64. The largest absolute Gasteiger partial charge is 0.586 e. The fourth-order valence-electron chi connectivity index (χ4n) is 3.82. The van der Waals surface area contributed by atoms with Crippen molar-refractivity contribution in [1.82, 2.24) is 10.6 Å². The van der Waals surface area contributed by atoms with Crippen LogP contribution in [0.25, 0.3) is 0 Å². The van der Waals surface area contributed by atoms with Gasteiger partial charge in [0.1, 0.15) is 11.5 Å². The molecule has 2 N–H and O–H groups in total. The van der Waals surface area contributed by atoms with E-state index in [0.29, 0.717) is 12.1 Å². The minimum absolute atomic E-state index is 0.131. The highest BCUT2D eigenvalue weighted by Gasteiger charge is 2.44. The van der Waals surface area contributed by atoms with Crippen LogP contribution in [0.5, 0.6) is 34.5 Å². The lowest BCUT2D eigenvalue weighted by Crippen LogP contribution is -2.53. The van der Waals surface area contributed by atoms with Crippen molar-refractivity contribution in [3.63, 3.8) is 0 Å². The third-order valence-corrected chi connectivity index (χ3v) is 5.26. The van der Waals surface area contributed by atoms with E-state index in [1.54, 1.807) is 13.0 Å². The number of carbonyl (C=O) groups is 2. The van der Waals surface area contributed by atoms with Crippen molar-refractivity contribution in [1.29, 1.82) is 0 Å². The van der Waals surface area contributed by atoms with Crippen LogP contribution in [-0.2, 0) is 9.59 Å². The normalized spacial score (nSPS) is 21.4. The summed E-state index contributed by atoms with van der Waals surface area (Å²) in [5, 5.41) is 5.35. The zero-order chi connectivity index (χ0) is 26.4. The van der Waals surface area contributed by atoms with E-state index >= 15 is 0 Å². The molecule has 0 spiro atoms. The molecule has 1 unspecified atom stereocenters. The van der Waals surface area contributed by atoms with Crippen LogP contribution in [0.15, 0.2) is 48.2 Å². The van der Waals surface area contributed by atoms with Crippen LogP contribution in [0.2, 0.25) is 0 Å². The van der Waals surface area contributed by atoms with Gasteiger partial charge in [-0.05, 0) is 37.3 Å². The van der Waals surface area contributed by atoms with Crippen LogP contribution < -0.4 is 39.1 Å². The molecule has 0 fully saturated rings. The topological polar surface area (TPSA) is 114 Å². The second-order valence-corrected chi connectivity index (χ2v) is 8.49. The van der Waals surface area contributed by atoms with E-state index in [2.05, 4.69) is 29.6 Å². The molecule has 0 saturated heterocycles. The van der Waals surface area contributed by atoms with Crippen molar-refractivity contribution in [2.45, 2.75) is 31.5 Å². The zero-order valence-electron chi connectivity index (χ0n) is 18.9. The Balaban J connectivity index is 1.05. The Kier molecular flexibility index (Phi) is 5.68. The molecule has 0 saturated carbocycles. The Morgan fingerprint density at radius 3 is 1.78 bits per heavy atom. The number of amides is 2. The second-order valence-electron chi connectivity index (χ2n) is 8.49. The molecule has 5 rings (SSSR count). The van der Waals surface area contributed by atoms with E-state index in [4.69, 9.17) is 9.47 Å². The van der Waals surface area contributed by atoms with Crippen LogP contribution in [0.1, 0.15) is 13.3 Å². The molecule has 10 nitrogen and oxygen atoms in total. The highest BCUT2D eigenvalue weighted by molar-refractivity contribution is 5.81. The lowest BCUT2D eigenvalue weighted by molar-refractivity contribution is -0.287. The van der Waals surface area contributed by atoms with Gasteiger partial charge in [-0.15, -0.1) is 17.6 Å². The van der Waals surface area contributed by atoms with Crippen LogP contribution in [-0.4, -0.2) is 43.2 Å². The Hall–Kier alpha value is -4.36. The molecule has 2 aromatic rings. The number of rotatable bonds is 8. The quantitative estimate of drug-likeness (QED) is 0.505. The molecule has 0 aromatic heterocycles. The molecular formula is C23H18F4N2O8. The van der Waals surface area contributed by atoms with Gasteiger partial charge in [0.2, 0.25) is 0 Å². The van der Waals surface area contributed by atoms with Gasteiger partial charge in [0, 0.05) is 24.3 Å². The van der Waals surface area contributed by atoms with Gasteiger partial charge < -0.3 is 39.1 Å². The highest BCUT2D eigenvalue weighted by atomic mass is 19.3. The van der Waals surface area contributed by atoms with Crippen molar-refractivity contribution in [3.05, 3.63) is 48.2 Å². The van der Waals surface area contributed by atoms with Gasteiger partial charge in [-0.1, -0.05) is 0 Å². The summed E-state index contributed by atoms with van der Waals surface area (Å²) in [5.41, 5.74) is -0.206. The monoisotopic (exact) mass is 526 g/mol. The Morgan fingerprint density at radius 1 is 0.811 bits per heavy atom. The van der Waals surface area contributed by atoms with Gasteiger partial charge >= 0.3 is 12.6 Å². The molecular weight excluding hydrogens is 508 g/mol. The standard InChI is InChI=1S/C23H18F4N2O8/c1-21(29-20(31)11-33-14-3-5-16-18(7-14)37-23(26,27)35-16)8-12(9-21)28-19(30)10-32-13-2-4-15-17(6-13)36-22(24,25)34-15/h2-8H,9-11H2,1H3,(H,28,30)(H,29,31). The number of halogens is 4. The minimum Gasteiger partial charge on any atom is -0.484 e. The molecule has 37 heavy (non-hydrogen) atoms. The number of benzene rings is 2. The number of nitrogens with one attached hydrogen (secondary N) is 2. The third kappa shape index (κ3) is 5.57. The molecule has 14 heteroatoms. The molecule has 0 bridgehead atoms. The maximum atomic E-state index is 13.1. The van der Waals surface area contributed by atoms with E-state index in [0.717, 1.165) is 0 Å². The van der Waals surface area contributed by atoms with E-state index in [1.807, 2.05) is 0 Å². The fraction of sp³-hybridized carbons (Fsp3) is 0.304. The van der Waals surface area contributed by atoms with Gasteiger partial charge in [-0.25, -0.2) is 0 Å². The first-order chi connectivity index (χ1) is 17.4. The fourth-order valence-corrected chi connectivity index (χ4v) is 3.82. The Bertz CT molecular complexity index is 1300. The van der Waals surface area contributed by atoms with E-state index in [-0.39, 0.29) is 34.5 Å². The molecule has 196 valence electrons. The van der Waals surface area contributed by atoms with Crippen LogP contribution in [0, 0.1) is 0 Å². The smallest absolute Gasteiger partial charge is 0.484 e. The van der Waals surface area contributed by atoms with Crippen LogP contribution >= 0.6 is 0 Å². The maximum Gasteiger partial charge on any atom is 0.586 e. The number of fused-ring (bicyclic) bond motifs is 2. The molecule has 0 radical (unpaired) electrons. The highest BCUT2D eigenvalue weighted by Crippen LogP contribution is 2.43. The summed E-state index contributed by atoms with van der Waals surface area (Å²) in [6.45, 7) is 0.935. The lowest BCUT2D eigenvalue weighted by Gasteiger charge is -2.37. The number of carbonyl (C=O) groups excluding carboxylic acids is 2. The first-order valence-electron chi connectivity index (χ1n) is 10.8. The molecule has 2 heterocycles. The van der Waals surface area contributed by atoms with Crippen molar-refractivity contribution in [3.8, 4) is 34.5 Å². The van der Waals surface area contributed by atoms with Crippen LogP contribution in [0.3, 0.4) is 0 Å². The van der Waals surface area contributed by atoms with E-state index < -0.39 is 43.2 Å². The molecule has 2 amide bonds. The molecule has 2 aromatic carbocycles. The first kappa shape index (κ1) is 24.3. The Labute approximate surface area is 206 Å². The Morgan fingerprint density at radius 2 is 1.27 bits per heavy atom. The summed E-state index contributed by atoms with van der Waals surface area (Å²) >= 11 is 0. The lowest BCUT2D eigenvalue weighted by atomic mass is 9.84. The van der Waals surface area contributed by atoms with Gasteiger partial charge in [0.05, 0.1) is 5.54 Å². The summed E-state index contributed by atoms with van der Waals surface area (Å²) < 4.78 is 80.2. The van der Waals surface area contributed by atoms with E-state index in [1.165, 1.54) is 36.4 Å². The SMILES string of the molecule is CC1(NC(=O)COc2ccc3c(c2)OC(F)(F)O3)C=C(NC(=O)COc2ccc3c(c2)OC(F)(F)O3)C1. The number of hydrogen-bond donors (Lipinski definition) is 2. The predicted octanol–water partition coefficient (Wildman–Crippen LogP) is 3.07. The predicted molar refractivity (Wildman–Crippen MR) is 114 cm³/mol. The first-order valence-corrected chi connectivity index (χ1v) is 10.8. The molecule has 1 atom stereocenters. The third-order valence-electron chi connectivity index (χ3n) is 5.26. The zero-order valence-corrected chi connectivity index (χ0v) is 18.9. The number of hydrogen-bond acceptors (Lipinski definition) is 8. The summed E-state index contributed by atoms with van der Waals surface area (Å²) in [4.78, 5) is 24.4. The summed E-state index contributed by atoms with van der Waals surface area (Å²) in [7, 11) is 0. The van der Waals surface area contributed by atoms with Crippen molar-refractivity contribution < 1.29 is 55.6 Å². The summed E-state index contributed by atoms with van der Waals surface area (Å²) in [6.07, 6.45) is -5.57.